The first kappa shape index (κ1) is 21.4. The first-order valence-corrected chi connectivity index (χ1v) is 12.4. The molecule has 1 saturated heterocycles. The molecule has 0 spiro atoms. The number of nitrogens with one attached hydrogen (secondary N) is 2. The quantitative estimate of drug-likeness (QED) is 0.624. The summed E-state index contributed by atoms with van der Waals surface area (Å²) in [5.41, 5.74) is 9.25. The van der Waals surface area contributed by atoms with Gasteiger partial charge in [0.05, 0.1) is 0 Å². The van der Waals surface area contributed by atoms with Crippen LogP contribution in [0.5, 0.6) is 0 Å². The van der Waals surface area contributed by atoms with Crippen LogP contribution in [0.25, 0.3) is 11.1 Å². The van der Waals surface area contributed by atoms with Crippen molar-refractivity contribution < 1.29 is 4.79 Å². The van der Waals surface area contributed by atoms with E-state index in [1.54, 1.807) is 4.68 Å². The fraction of sp³-hybridized carbons (Fsp3) is 0.444. The summed E-state index contributed by atoms with van der Waals surface area (Å²) >= 11 is 0. The smallest absolute Gasteiger partial charge is 0.274 e. The normalized spacial score (nSPS) is 21.3. The Morgan fingerprint density at radius 1 is 1.15 bits per heavy atom. The summed E-state index contributed by atoms with van der Waals surface area (Å²) in [4.78, 5) is 19.9. The van der Waals surface area contributed by atoms with Gasteiger partial charge in [0, 0.05) is 56.1 Å². The number of aromatic nitrogens is 3. The third-order valence-corrected chi connectivity index (χ3v) is 7.79. The molecular formula is C27H32N6O. The summed E-state index contributed by atoms with van der Waals surface area (Å²) in [5.74, 6) is 1.52. The number of pyridine rings is 1. The Hall–Kier alpha value is -3.19. The molecule has 2 atom stereocenters. The summed E-state index contributed by atoms with van der Waals surface area (Å²) in [7, 11) is 1.88. The molecule has 3 aliphatic heterocycles. The maximum absolute atomic E-state index is 13.3. The highest BCUT2D eigenvalue weighted by molar-refractivity contribution is 5.92. The fourth-order valence-electron chi connectivity index (χ4n) is 5.65. The number of amides is 1. The molecule has 6 rings (SSSR count). The van der Waals surface area contributed by atoms with Crippen molar-refractivity contribution in [3.63, 3.8) is 0 Å². The van der Waals surface area contributed by atoms with Crippen molar-refractivity contribution in [1.29, 1.82) is 0 Å². The van der Waals surface area contributed by atoms with Crippen LogP contribution in [0, 0.1) is 6.92 Å². The molecule has 0 radical (unpaired) electrons. The Morgan fingerprint density at radius 2 is 2.00 bits per heavy atom. The number of hydrogen-bond acceptors (Lipinski definition) is 5. The molecule has 2 unspecified atom stereocenters. The van der Waals surface area contributed by atoms with Crippen LogP contribution in [0.4, 0.5) is 5.82 Å². The predicted molar refractivity (Wildman–Crippen MR) is 133 cm³/mol. The van der Waals surface area contributed by atoms with Crippen LogP contribution < -0.4 is 10.6 Å². The van der Waals surface area contributed by atoms with Crippen molar-refractivity contribution >= 4 is 11.7 Å². The van der Waals surface area contributed by atoms with E-state index in [0.717, 1.165) is 37.4 Å². The minimum atomic E-state index is 0.0214. The van der Waals surface area contributed by atoms with Gasteiger partial charge in [-0.05, 0) is 78.7 Å². The second-order valence-electron chi connectivity index (χ2n) is 10.1. The number of nitrogens with zero attached hydrogens (tertiary/aromatic N) is 4. The second-order valence-corrected chi connectivity index (χ2v) is 10.1. The SMILES string of the molecule is Cc1cc(C(=O)N2CCc3cc(-c4cnc5c(c4)C(C)CN5)cc(C4CCCN4)c3C2)nn1C. The molecule has 1 fully saturated rings. The van der Waals surface area contributed by atoms with E-state index < -0.39 is 0 Å². The van der Waals surface area contributed by atoms with Crippen molar-refractivity contribution in [2.75, 3.05) is 25.0 Å². The minimum Gasteiger partial charge on any atom is -0.369 e. The minimum absolute atomic E-state index is 0.0214. The zero-order valence-corrected chi connectivity index (χ0v) is 20.2. The van der Waals surface area contributed by atoms with Gasteiger partial charge in [-0.15, -0.1) is 0 Å². The van der Waals surface area contributed by atoms with E-state index in [2.05, 4.69) is 40.9 Å². The van der Waals surface area contributed by atoms with Gasteiger partial charge in [-0.25, -0.2) is 4.98 Å². The molecule has 0 aliphatic carbocycles. The van der Waals surface area contributed by atoms with Gasteiger partial charge in [0.2, 0.25) is 0 Å². The zero-order valence-electron chi connectivity index (χ0n) is 20.2. The molecule has 176 valence electrons. The molecule has 5 heterocycles. The van der Waals surface area contributed by atoms with Gasteiger partial charge in [0.25, 0.3) is 5.91 Å². The summed E-state index contributed by atoms with van der Waals surface area (Å²) in [6, 6.07) is 9.21. The Labute approximate surface area is 200 Å². The molecule has 2 aromatic heterocycles. The van der Waals surface area contributed by atoms with Gasteiger partial charge < -0.3 is 15.5 Å². The van der Waals surface area contributed by atoms with Gasteiger partial charge in [-0.2, -0.15) is 5.10 Å². The highest BCUT2D eigenvalue weighted by Crippen LogP contribution is 2.38. The van der Waals surface area contributed by atoms with E-state index in [9.17, 15) is 4.79 Å². The van der Waals surface area contributed by atoms with Crippen LogP contribution in [0.2, 0.25) is 0 Å². The highest BCUT2D eigenvalue weighted by Gasteiger charge is 2.29. The molecule has 1 amide bonds. The van der Waals surface area contributed by atoms with E-state index in [1.165, 1.54) is 39.8 Å². The topological polar surface area (TPSA) is 75.1 Å². The summed E-state index contributed by atoms with van der Waals surface area (Å²) < 4.78 is 1.77. The lowest BCUT2D eigenvalue weighted by Gasteiger charge is -2.32. The molecule has 0 bridgehead atoms. The highest BCUT2D eigenvalue weighted by atomic mass is 16.2. The van der Waals surface area contributed by atoms with E-state index in [1.807, 2.05) is 31.1 Å². The van der Waals surface area contributed by atoms with E-state index in [-0.39, 0.29) is 5.91 Å². The molecular weight excluding hydrogens is 424 g/mol. The Morgan fingerprint density at radius 3 is 2.76 bits per heavy atom. The van der Waals surface area contributed by atoms with Gasteiger partial charge in [-0.3, -0.25) is 9.48 Å². The van der Waals surface area contributed by atoms with E-state index >= 15 is 0 Å². The molecule has 3 aromatic rings. The fourth-order valence-corrected chi connectivity index (χ4v) is 5.65. The average Bonchev–Trinajstić information content (AvgIpc) is 3.59. The first-order chi connectivity index (χ1) is 16.5. The predicted octanol–water partition coefficient (Wildman–Crippen LogP) is 3.94. The molecule has 0 saturated carbocycles. The van der Waals surface area contributed by atoms with Gasteiger partial charge >= 0.3 is 0 Å². The maximum Gasteiger partial charge on any atom is 0.274 e. The number of aryl methyl sites for hydroxylation is 2. The van der Waals surface area contributed by atoms with Crippen LogP contribution in [-0.2, 0) is 20.0 Å². The van der Waals surface area contributed by atoms with Gasteiger partial charge in [0.15, 0.2) is 5.69 Å². The number of rotatable bonds is 3. The van der Waals surface area contributed by atoms with Gasteiger partial charge in [-0.1, -0.05) is 13.0 Å². The molecule has 7 nitrogen and oxygen atoms in total. The second kappa shape index (κ2) is 8.24. The van der Waals surface area contributed by atoms with Crippen molar-refractivity contribution in [2.24, 2.45) is 7.05 Å². The third kappa shape index (κ3) is 3.59. The lowest BCUT2D eigenvalue weighted by Crippen LogP contribution is -2.37. The maximum atomic E-state index is 13.3. The average molecular weight is 457 g/mol. The van der Waals surface area contributed by atoms with Crippen LogP contribution in [0.1, 0.15) is 70.2 Å². The third-order valence-electron chi connectivity index (χ3n) is 7.79. The summed E-state index contributed by atoms with van der Waals surface area (Å²) in [6.07, 6.45) is 5.17. The van der Waals surface area contributed by atoms with E-state index in [0.29, 0.717) is 30.7 Å². The Balaban J connectivity index is 1.37. The molecule has 34 heavy (non-hydrogen) atoms. The molecule has 7 heteroatoms. The molecule has 2 N–H and O–H groups in total. The van der Waals surface area contributed by atoms with Crippen molar-refractivity contribution in [1.82, 2.24) is 25.0 Å². The van der Waals surface area contributed by atoms with E-state index in [4.69, 9.17) is 4.98 Å². The number of fused-ring (bicyclic) bond motifs is 2. The summed E-state index contributed by atoms with van der Waals surface area (Å²) in [5, 5.41) is 11.5. The number of carbonyl (C=O) groups excluding carboxylic acids is 1. The van der Waals surface area contributed by atoms with Gasteiger partial charge in [0.1, 0.15) is 5.82 Å². The number of carbonyl (C=O) groups is 1. The van der Waals surface area contributed by atoms with Crippen LogP contribution in [0.15, 0.2) is 30.5 Å². The van der Waals surface area contributed by atoms with Crippen LogP contribution in [-0.4, -0.2) is 45.2 Å². The molecule has 3 aliphatic rings. The Bertz CT molecular complexity index is 1250. The monoisotopic (exact) mass is 456 g/mol. The van der Waals surface area contributed by atoms with Crippen molar-refractivity contribution in [3.05, 3.63) is 64.1 Å². The Kier molecular flexibility index (Phi) is 5.17. The number of benzene rings is 1. The lowest BCUT2D eigenvalue weighted by molar-refractivity contribution is 0.0727. The lowest BCUT2D eigenvalue weighted by atomic mass is 9.86. The van der Waals surface area contributed by atoms with Crippen LogP contribution >= 0.6 is 0 Å². The van der Waals surface area contributed by atoms with Crippen molar-refractivity contribution in [3.8, 4) is 11.1 Å². The number of anilines is 1. The van der Waals surface area contributed by atoms with Crippen molar-refractivity contribution in [2.45, 2.75) is 51.6 Å². The molecule has 1 aromatic carbocycles. The van der Waals surface area contributed by atoms with Crippen LogP contribution in [0.3, 0.4) is 0 Å². The first-order valence-electron chi connectivity index (χ1n) is 12.4. The largest absolute Gasteiger partial charge is 0.369 e. The number of hydrogen-bond donors (Lipinski definition) is 2. The zero-order chi connectivity index (χ0) is 23.4. The standard InChI is InChI=1S/C27H32N6O/c1-16-13-29-26-21(16)12-20(14-30-26)19-10-18-6-8-33(27(34)25-9-17(2)32(3)31-25)15-23(18)22(11-19)24-5-4-7-28-24/h9-12,14,16,24,28H,4-8,13,15H2,1-3H3,(H,29,30). The summed E-state index contributed by atoms with van der Waals surface area (Å²) in [6.45, 7) is 7.58.